The van der Waals surface area contributed by atoms with Crippen molar-refractivity contribution >= 4 is 35.5 Å². The van der Waals surface area contributed by atoms with Crippen molar-refractivity contribution in [3.63, 3.8) is 0 Å². The van der Waals surface area contributed by atoms with E-state index in [2.05, 4.69) is 10.3 Å². The maximum Gasteiger partial charge on any atom is 0.142 e. The molecule has 0 saturated carbocycles. The summed E-state index contributed by atoms with van der Waals surface area (Å²) in [7, 11) is 0. The van der Waals surface area contributed by atoms with Gasteiger partial charge in [-0.2, -0.15) is 0 Å². The number of allylic oxidation sites excluding steroid dienone is 2. The summed E-state index contributed by atoms with van der Waals surface area (Å²) in [6.07, 6.45) is 5.82. The number of hydrogen-bond donors (Lipinski definition) is 2. The van der Waals surface area contributed by atoms with E-state index >= 15 is 0 Å². The van der Waals surface area contributed by atoms with E-state index < -0.39 is 0 Å². The van der Waals surface area contributed by atoms with Crippen molar-refractivity contribution < 1.29 is 9.90 Å². The first-order valence-electron chi connectivity index (χ1n) is 4.73. The van der Waals surface area contributed by atoms with E-state index in [0.29, 0.717) is 0 Å². The number of rotatable bonds is 5. The Morgan fingerprint density at radius 2 is 2.50 bits per heavy atom. The molecule has 1 atom stereocenters. The largest absolute Gasteiger partial charge is 0.377 e. The second-order valence-corrected chi connectivity index (χ2v) is 5.11. The van der Waals surface area contributed by atoms with Crippen LogP contribution in [0.15, 0.2) is 27.2 Å². The highest BCUT2D eigenvalue weighted by atomic mass is 32.2. The van der Waals surface area contributed by atoms with E-state index in [1.807, 2.05) is 13.2 Å². The zero-order valence-corrected chi connectivity index (χ0v) is 10.8. The Labute approximate surface area is 103 Å². The summed E-state index contributed by atoms with van der Waals surface area (Å²) in [6.45, 7) is 1.92. The molecule has 1 rings (SSSR count). The molecule has 0 aromatic heterocycles. The van der Waals surface area contributed by atoms with Gasteiger partial charge in [0.1, 0.15) is 23.1 Å². The number of hydrogen-bond acceptors (Lipinski definition) is 6. The summed E-state index contributed by atoms with van der Waals surface area (Å²) in [5, 5.41) is 13.6. The average molecular weight is 258 g/mol. The van der Waals surface area contributed by atoms with Gasteiger partial charge >= 0.3 is 0 Å². The van der Waals surface area contributed by atoms with Crippen LogP contribution in [0.4, 0.5) is 0 Å². The van der Waals surface area contributed by atoms with E-state index in [0.717, 1.165) is 22.1 Å². The Balaban J connectivity index is 2.89. The fourth-order valence-corrected chi connectivity index (χ4v) is 2.93. The van der Waals surface area contributed by atoms with Crippen LogP contribution in [-0.4, -0.2) is 35.3 Å². The minimum atomic E-state index is -0.107. The van der Waals surface area contributed by atoms with Crippen LogP contribution in [0.1, 0.15) is 6.92 Å². The molecule has 0 spiro atoms. The van der Waals surface area contributed by atoms with E-state index in [-0.39, 0.29) is 12.0 Å². The Hall–Kier alpha value is -0.720. The highest BCUT2D eigenvalue weighted by molar-refractivity contribution is 8.07. The molecule has 1 aliphatic heterocycles. The van der Waals surface area contributed by atoms with Crippen molar-refractivity contribution in [3.05, 3.63) is 22.2 Å². The molecule has 1 aliphatic rings. The van der Waals surface area contributed by atoms with Crippen molar-refractivity contribution in [2.75, 3.05) is 13.0 Å². The summed E-state index contributed by atoms with van der Waals surface area (Å²) < 4.78 is 0. The first-order valence-corrected chi connectivity index (χ1v) is 6.83. The molecular weight excluding hydrogens is 244 g/mol. The summed E-state index contributed by atoms with van der Waals surface area (Å²) in [5.41, 5.74) is 0.874. The van der Waals surface area contributed by atoms with E-state index in [4.69, 9.17) is 5.11 Å². The number of carbonyl (C=O) groups is 1. The number of aliphatic hydroxyl groups excluding tert-OH is 1. The Kier molecular flexibility index (Phi) is 5.65. The number of nitrogens with zero attached hydrogens (tertiary/aromatic N) is 1. The lowest BCUT2D eigenvalue weighted by Gasteiger charge is -2.06. The van der Waals surface area contributed by atoms with Crippen molar-refractivity contribution in [2.45, 2.75) is 12.2 Å². The zero-order valence-electron chi connectivity index (χ0n) is 9.14. The standard InChI is InChI=1S/C10H14N2O2S2/c1-7-8(4-3-5-13)12-10(16-7)9(15-2)11-6-14/h3-5,7,11,14H,6H2,1-2H3. The maximum absolute atomic E-state index is 10.2. The van der Waals surface area contributed by atoms with Gasteiger partial charge in [-0.05, 0) is 25.3 Å². The summed E-state index contributed by atoms with van der Waals surface area (Å²) in [6, 6.07) is 0. The predicted molar refractivity (Wildman–Crippen MR) is 70.5 cm³/mol. The van der Waals surface area contributed by atoms with Gasteiger partial charge in [-0.15, -0.1) is 11.8 Å². The zero-order chi connectivity index (χ0) is 12.0. The Morgan fingerprint density at radius 1 is 1.75 bits per heavy atom. The summed E-state index contributed by atoms with van der Waals surface area (Å²) >= 11 is 3.12. The van der Waals surface area contributed by atoms with Gasteiger partial charge in [0.2, 0.25) is 0 Å². The lowest BCUT2D eigenvalue weighted by Crippen LogP contribution is -2.12. The molecule has 0 aliphatic carbocycles. The van der Waals surface area contributed by atoms with Crippen LogP contribution in [0, 0.1) is 0 Å². The first kappa shape index (κ1) is 13.3. The van der Waals surface area contributed by atoms with E-state index in [1.165, 1.54) is 17.8 Å². The molecule has 0 amide bonds. The Morgan fingerprint density at radius 3 is 3.06 bits per heavy atom. The van der Waals surface area contributed by atoms with Gasteiger partial charge < -0.3 is 10.4 Å². The molecule has 0 saturated heterocycles. The highest BCUT2D eigenvalue weighted by Crippen LogP contribution is 2.35. The molecule has 6 heteroatoms. The fourth-order valence-electron chi connectivity index (χ4n) is 1.18. The normalized spacial score (nSPS) is 23.4. The van der Waals surface area contributed by atoms with Crippen molar-refractivity contribution in [3.8, 4) is 0 Å². The van der Waals surface area contributed by atoms with Crippen LogP contribution < -0.4 is 5.32 Å². The molecule has 88 valence electrons. The Bertz CT molecular complexity index is 351. The van der Waals surface area contributed by atoms with Crippen LogP contribution in [0.25, 0.3) is 0 Å². The first-order chi connectivity index (χ1) is 7.72. The minimum Gasteiger partial charge on any atom is -0.377 e. The quantitative estimate of drug-likeness (QED) is 0.443. The third kappa shape index (κ3) is 3.40. The number of nitrogens with one attached hydrogen (secondary N) is 1. The van der Waals surface area contributed by atoms with Crippen molar-refractivity contribution in [2.24, 2.45) is 4.99 Å². The lowest BCUT2D eigenvalue weighted by molar-refractivity contribution is -0.104. The number of thioether (sulfide) groups is 2. The van der Waals surface area contributed by atoms with Crippen molar-refractivity contribution in [1.82, 2.24) is 5.32 Å². The van der Waals surface area contributed by atoms with Crippen LogP contribution in [-0.2, 0) is 4.79 Å². The van der Waals surface area contributed by atoms with Crippen LogP contribution in [0.5, 0.6) is 0 Å². The molecule has 0 aromatic carbocycles. The van der Waals surface area contributed by atoms with Gasteiger partial charge in [-0.25, -0.2) is 4.99 Å². The van der Waals surface area contributed by atoms with Gasteiger partial charge in [0, 0.05) is 0 Å². The third-order valence-electron chi connectivity index (χ3n) is 1.92. The minimum absolute atomic E-state index is 0.107. The number of aldehydes is 1. The average Bonchev–Trinajstić information content (AvgIpc) is 2.64. The molecule has 1 unspecified atom stereocenters. The third-order valence-corrected chi connectivity index (χ3v) is 3.91. The van der Waals surface area contributed by atoms with Gasteiger partial charge in [0.25, 0.3) is 0 Å². The van der Waals surface area contributed by atoms with Crippen molar-refractivity contribution in [1.29, 1.82) is 0 Å². The van der Waals surface area contributed by atoms with Gasteiger partial charge in [0.15, 0.2) is 0 Å². The van der Waals surface area contributed by atoms with E-state index in [9.17, 15) is 4.79 Å². The molecule has 16 heavy (non-hydrogen) atoms. The number of carbonyl (C=O) groups excluding carboxylic acids is 1. The monoisotopic (exact) mass is 258 g/mol. The number of aliphatic imine (C=N–C) groups is 1. The van der Waals surface area contributed by atoms with Crippen LogP contribution in [0.3, 0.4) is 0 Å². The molecule has 2 N–H and O–H groups in total. The maximum atomic E-state index is 10.2. The predicted octanol–water partition coefficient (Wildman–Crippen LogP) is 1.35. The van der Waals surface area contributed by atoms with E-state index in [1.54, 1.807) is 17.8 Å². The summed E-state index contributed by atoms with van der Waals surface area (Å²) in [5.74, 6) is 0. The smallest absolute Gasteiger partial charge is 0.142 e. The van der Waals surface area contributed by atoms with Crippen LogP contribution >= 0.6 is 23.5 Å². The fraction of sp³-hybridized carbons (Fsp3) is 0.400. The highest BCUT2D eigenvalue weighted by Gasteiger charge is 2.21. The number of aliphatic hydroxyl groups is 1. The summed E-state index contributed by atoms with van der Waals surface area (Å²) in [4.78, 5) is 14.6. The lowest BCUT2D eigenvalue weighted by atomic mass is 10.2. The molecule has 0 aromatic rings. The second kappa shape index (κ2) is 6.78. The van der Waals surface area contributed by atoms with Gasteiger partial charge in [0.05, 0.1) is 11.0 Å². The molecule has 4 nitrogen and oxygen atoms in total. The topological polar surface area (TPSA) is 61.7 Å². The SMILES string of the molecule is CSC(NCO)=C1N=C(C=CC=O)C(C)S1. The second-order valence-electron chi connectivity index (χ2n) is 2.97. The van der Waals surface area contributed by atoms with Crippen LogP contribution in [0.2, 0.25) is 0 Å². The molecule has 0 bridgehead atoms. The molecule has 0 radical (unpaired) electrons. The molecule has 1 heterocycles. The molecule has 0 fully saturated rings. The van der Waals surface area contributed by atoms with Gasteiger partial charge in [-0.3, -0.25) is 4.79 Å². The van der Waals surface area contributed by atoms with Gasteiger partial charge in [-0.1, -0.05) is 11.8 Å². The molecular formula is C10H14N2O2S2.